The third-order valence-corrected chi connectivity index (χ3v) is 6.77. The lowest BCUT2D eigenvalue weighted by molar-refractivity contribution is -0.117. The largest absolute Gasteiger partial charge is 0.324 e. The van der Waals surface area contributed by atoms with Crippen LogP contribution in [-0.2, 0) is 24.8 Å². The van der Waals surface area contributed by atoms with Gasteiger partial charge in [0.1, 0.15) is 11.9 Å². The van der Waals surface area contributed by atoms with E-state index in [1.54, 1.807) is 25.1 Å². The monoisotopic (exact) mass is 457 g/mol. The molecule has 30 heavy (non-hydrogen) atoms. The standard InChI is InChI=1S/C19H24FN3O5S2/c1-5-18(23(30(4,27)28)16-11-9-14(20)10-12-16)19(24)21-15-7-6-8-17(13-15)22(2)29(3,25)26/h6-13,18H,5H2,1-4H3,(H,21,24)/t18-/m0/s1. The molecule has 0 aromatic heterocycles. The van der Waals surface area contributed by atoms with E-state index in [0.717, 1.165) is 33.3 Å². The predicted molar refractivity (Wildman–Crippen MR) is 116 cm³/mol. The first kappa shape index (κ1) is 23.6. The van der Waals surface area contributed by atoms with Crippen LogP contribution in [0.5, 0.6) is 0 Å². The summed E-state index contributed by atoms with van der Waals surface area (Å²) in [6.45, 7) is 1.65. The van der Waals surface area contributed by atoms with E-state index in [9.17, 15) is 26.0 Å². The number of rotatable bonds is 8. The number of amides is 1. The average molecular weight is 458 g/mol. The molecule has 11 heteroatoms. The highest BCUT2D eigenvalue weighted by molar-refractivity contribution is 7.92. The Kier molecular flexibility index (Phi) is 7.09. The zero-order valence-electron chi connectivity index (χ0n) is 17.0. The summed E-state index contributed by atoms with van der Waals surface area (Å²) in [5.74, 6) is -1.14. The number of sulfonamides is 2. The van der Waals surface area contributed by atoms with Crippen molar-refractivity contribution in [2.24, 2.45) is 0 Å². The van der Waals surface area contributed by atoms with Gasteiger partial charge >= 0.3 is 0 Å². The van der Waals surface area contributed by atoms with Gasteiger partial charge in [-0.1, -0.05) is 13.0 Å². The molecule has 0 fully saturated rings. The van der Waals surface area contributed by atoms with Gasteiger partial charge in [0.15, 0.2) is 0 Å². The van der Waals surface area contributed by atoms with Crippen LogP contribution in [0.1, 0.15) is 13.3 Å². The summed E-state index contributed by atoms with van der Waals surface area (Å²) in [4.78, 5) is 12.9. The molecule has 2 aromatic carbocycles. The average Bonchev–Trinajstić information content (AvgIpc) is 2.64. The van der Waals surface area contributed by atoms with E-state index >= 15 is 0 Å². The minimum atomic E-state index is -3.86. The molecule has 0 unspecified atom stereocenters. The molecule has 1 N–H and O–H groups in total. The Morgan fingerprint density at radius 3 is 2.10 bits per heavy atom. The second-order valence-corrected chi connectivity index (χ2v) is 10.6. The number of halogens is 1. The molecule has 0 radical (unpaired) electrons. The summed E-state index contributed by atoms with van der Waals surface area (Å²) in [6.07, 6.45) is 2.17. The van der Waals surface area contributed by atoms with Crippen LogP contribution in [0, 0.1) is 5.82 Å². The fourth-order valence-electron chi connectivity index (χ4n) is 2.84. The molecule has 0 aliphatic rings. The number of carbonyl (C=O) groups is 1. The number of nitrogens with zero attached hydrogens (tertiary/aromatic N) is 2. The second-order valence-electron chi connectivity index (χ2n) is 6.73. The highest BCUT2D eigenvalue weighted by Gasteiger charge is 2.31. The van der Waals surface area contributed by atoms with Crippen LogP contribution in [0.2, 0.25) is 0 Å². The van der Waals surface area contributed by atoms with E-state index in [-0.39, 0.29) is 12.1 Å². The van der Waals surface area contributed by atoms with Crippen LogP contribution in [0.25, 0.3) is 0 Å². The van der Waals surface area contributed by atoms with Gasteiger partial charge in [-0.25, -0.2) is 21.2 Å². The molecule has 1 atom stereocenters. The van der Waals surface area contributed by atoms with Crippen LogP contribution >= 0.6 is 0 Å². The SMILES string of the molecule is CC[C@@H](C(=O)Nc1cccc(N(C)S(C)(=O)=O)c1)N(c1ccc(F)cc1)S(C)(=O)=O. The highest BCUT2D eigenvalue weighted by atomic mass is 32.2. The summed E-state index contributed by atoms with van der Waals surface area (Å²) in [5, 5.41) is 2.63. The molecule has 0 aliphatic heterocycles. The molecule has 0 saturated heterocycles. The Morgan fingerprint density at radius 2 is 1.60 bits per heavy atom. The molecule has 8 nitrogen and oxygen atoms in total. The maximum atomic E-state index is 13.3. The van der Waals surface area contributed by atoms with Crippen molar-refractivity contribution < 1.29 is 26.0 Å². The van der Waals surface area contributed by atoms with Gasteiger partial charge in [-0.05, 0) is 48.9 Å². The van der Waals surface area contributed by atoms with Gasteiger partial charge in [0.2, 0.25) is 26.0 Å². The van der Waals surface area contributed by atoms with Gasteiger partial charge in [0, 0.05) is 12.7 Å². The van der Waals surface area contributed by atoms with Crippen LogP contribution in [0.3, 0.4) is 0 Å². The van der Waals surface area contributed by atoms with Crippen molar-refractivity contribution >= 4 is 43.0 Å². The van der Waals surface area contributed by atoms with Crippen molar-refractivity contribution in [3.63, 3.8) is 0 Å². The van der Waals surface area contributed by atoms with E-state index in [2.05, 4.69) is 5.32 Å². The molecule has 0 heterocycles. The van der Waals surface area contributed by atoms with Crippen LogP contribution in [-0.4, -0.2) is 48.3 Å². The quantitative estimate of drug-likeness (QED) is 0.656. The summed E-state index contributed by atoms with van der Waals surface area (Å²) in [6, 6.07) is 9.87. The molecule has 164 valence electrons. The van der Waals surface area contributed by atoms with E-state index in [4.69, 9.17) is 0 Å². The molecule has 1 amide bonds. The fraction of sp³-hybridized carbons (Fsp3) is 0.316. The first-order valence-corrected chi connectivity index (χ1v) is 12.6. The number of hydrogen-bond donors (Lipinski definition) is 1. The molecular formula is C19H24FN3O5S2. The summed E-state index contributed by atoms with van der Waals surface area (Å²) >= 11 is 0. The molecule has 0 aliphatic carbocycles. The van der Waals surface area contributed by atoms with E-state index in [0.29, 0.717) is 11.4 Å². The number of benzene rings is 2. The van der Waals surface area contributed by atoms with Gasteiger partial charge in [-0.3, -0.25) is 13.4 Å². The van der Waals surface area contributed by atoms with E-state index in [1.807, 2.05) is 0 Å². The minimum Gasteiger partial charge on any atom is -0.324 e. The number of carbonyl (C=O) groups excluding carboxylic acids is 1. The molecule has 0 bridgehead atoms. The normalized spacial score (nSPS) is 12.8. The van der Waals surface area contributed by atoms with Crippen LogP contribution in [0.4, 0.5) is 21.5 Å². The van der Waals surface area contributed by atoms with Crippen molar-refractivity contribution in [1.82, 2.24) is 0 Å². The highest BCUT2D eigenvalue weighted by Crippen LogP contribution is 2.25. The Morgan fingerprint density at radius 1 is 1.00 bits per heavy atom. The molecule has 2 aromatic rings. The van der Waals surface area contributed by atoms with Gasteiger partial charge in [-0.2, -0.15) is 0 Å². The van der Waals surface area contributed by atoms with Gasteiger partial charge in [0.05, 0.1) is 23.9 Å². The third-order valence-electron chi connectivity index (χ3n) is 4.39. The molecule has 0 spiro atoms. The van der Waals surface area contributed by atoms with Crippen LogP contribution < -0.4 is 13.9 Å². The maximum absolute atomic E-state index is 13.3. The Bertz CT molecular complexity index is 1120. The van der Waals surface area contributed by atoms with Crippen molar-refractivity contribution in [2.75, 3.05) is 33.5 Å². The smallest absolute Gasteiger partial charge is 0.248 e. The predicted octanol–water partition coefficient (Wildman–Crippen LogP) is 2.40. The van der Waals surface area contributed by atoms with Crippen LogP contribution in [0.15, 0.2) is 48.5 Å². The van der Waals surface area contributed by atoms with Crippen molar-refractivity contribution in [1.29, 1.82) is 0 Å². The van der Waals surface area contributed by atoms with Gasteiger partial charge < -0.3 is 5.32 Å². The topological polar surface area (TPSA) is 104 Å². The fourth-order valence-corrected chi connectivity index (χ4v) is 4.55. The zero-order chi connectivity index (χ0) is 22.7. The molecular weight excluding hydrogens is 433 g/mol. The summed E-state index contributed by atoms with van der Waals surface area (Å²) < 4.78 is 63.6. The lowest BCUT2D eigenvalue weighted by Crippen LogP contribution is -2.47. The van der Waals surface area contributed by atoms with Gasteiger partial charge in [-0.15, -0.1) is 0 Å². The molecule has 2 rings (SSSR count). The number of anilines is 3. The van der Waals surface area contributed by atoms with Crippen molar-refractivity contribution in [2.45, 2.75) is 19.4 Å². The van der Waals surface area contributed by atoms with E-state index in [1.165, 1.54) is 25.2 Å². The molecule has 0 saturated carbocycles. The lowest BCUT2D eigenvalue weighted by atomic mass is 10.1. The van der Waals surface area contributed by atoms with Gasteiger partial charge in [0.25, 0.3) is 0 Å². The van der Waals surface area contributed by atoms with E-state index < -0.39 is 37.8 Å². The minimum absolute atomic E-state index is 0.152. The van der Waals surface area contributed by atoms with Crippen molar-refractivity contribution in [3.05, 3.63) is 54.3 Å². The maximum Gasteiger partial charge on any atom is 0.248 e. The third kappa shape index (κ3) is 5.70. The Labute approximate surface area is 176 Å². The first-order chi connectivity index (χ1) is 13.8. The summed E-state index contributed by atoms with van der Waals surface area (Å²) in [7, 11) is -5.97. The second kappa shape index (κ2) is 9.00. The lowest BCUT2D eigenvalue weighted by Gasteiger charge is -2.30. The Hall–Kier alpha value is -2.66. The Balaban J connectivity index is 2.36. The number of hydrogen-bond acceptors (Lipinski definition) is 5. The zero-order valence-corrected chi connectivity index (χ0v) is 18.7. The summed E-state index contributed by atoms with van der Waals surface area (Å²) in [5.41, 5.74) is 0.798. The number of nitrogens with one attached hydrogen (secondary N) is 1. The first-order valence-electron chi connectivity index (χ1n) is 8.94. The van der Waals surface area contributed by atoms with Crippen molar-refractivity contribution in [3.8, 4) is 0 Å².